The molecule has 0 aliphatic heterocycles. The molecule has 7 heteroatoms. The molecule has 1 atom stereocenters. The van der Waals surface area contributed by atoms with Crippen LogP contribution in [0.25, 0.3) is 0 Å². The average molecular weight is 274 g/mol. The summed E-state index contributed by atoms with van der Waals surface area (Å²) >= 11 is 1.23. The third-order valence-corrected chi connectivity index (χ3v) is 3.04. The minimum absolute atomic E-state index is 0.0293. The van der Waals surface area contributed by atoms with Gasteiger partial charge in [-0.05, 0) is 13.3 Å². The molecule has 1 aromatic rings. The molecule has 0 aromatic carbocycles. The lowest BCUT2D eigenvalue weighted by Gasteiger charge is -2.11. The van der Waals surface area contributed by atoms with Crippen molar-refractivity contribution < 1.29 is 19.2 Å². The van der Waals surface area contributed by atoms with Gasteiger partial charge in [-0.25, -0.2) is 0 Å². The molecule has 1 heterocycles. The van der Waals surface area contributed by atoms with Crippen LogP contribution in [0.1, 0.15) is 44.5 Å². The van der Waals surface area contributed by atoms with Gasteiger partial charge in [-0.15, -0.1) is 11.8 Å². The first-order valence-electron chi connectivity index (χ1n) is 5.91. The summed E-state index contributed by atoms with van der Waals surface area (Å²) in [6.45, 7) is 4.59. The second-order valence-electron chi connectivity index (χ2n) is 3.67. The van der Waals surface area contributed by atoms with Crippen molar-refractivity contribution in [2.45, 2.75) is 38.5 Å². The van der Waals surface area contributed by atoms with Crippen molar-refractivity contribution >= 4 is 17.7 Å². The summed E-state index contributed by atoms with van der Waals surface area (Å²) in [4.78, 5) is 14.6. The Morgan fingerprint density at radius 2 is 2.33 bits per heavy atom. The number of hydrogen-bond donors (Lipinski definition) is 1. The molecule has 6 nitrogen and oxygen atoms in total. The Morgan fingerprint density at radius 1 is 1.56 bits per heavy atom. The van der Waals surface area contributed by atoms with E-state index in [0.29, 0.717) is 24.1 Å². The van der Waals surface area contributed by atoms with Gasteiger partial charge in [0.25, 0.3) is 0 Å². The fraction of sp³-hybridized carbons (Fsp3) is 0.727. The van der Waals surface area contributed by atoms with Crippen LogP contribution in [-0.2, 0) is 15.3 Å². The van der Waals surface area contributed by atoms with Crippen LogP contribution >= 0.6 is 11.8 Å². The summed E-state index contributed by atoms with van der Waals surface area (Å²) in [5, 5.41) is 12.4. The number of carboxylic acid groups (broad SMARTS) is 1. The third kappa shape index (κ3) is 5.05. The molecule has 0 aliphatic rings. The Hall–Kier alpha value is -1.08. The largest absolute Gasteiger partial charge is 0.481 e. The molecule has 102 valence electrons. The zero-order valence-corrected chi connectivity index (χ0v) is 11.4. The molecule has 0 radical (unpaired) electrons. The molecule has 0 spiro atoms. The van der Waals surface area contributed by atoms with E-state index < -0.39 is 5.97 Å². The molecule has 0 saturated carbocycles. The van der Waals surface area contributed by atoms with Crippen LogP contribution in [0.3, 0.4) is 0 Å². The lowest BCUT2D eigenvalue weighted by molar-refractivity contribution is -0.133. The molecule has 18 heavy (non-hydrogen) atoms. The van der Waals surface area contributed by atoms with Crippen molar-refractivity contribution in [3.63, 3.8) is 0 Å². The lowest BCUT2D eigenvalue weighted by atomic mass is 10.2. The Labute approximate surface area is 110 Å². The number of hydrogen-bond acceptors (Lipinski definition) is 6. The summed E-state index contributed by atoms with van der Waals surface area (Å²) in [6.07, 6.45) is 1.68. The molecule has 0 bridgehead atoms. The number of aromatic nitrogens is 2. The summed E-state index contributed by atoms with van der Waals surface area (Å²) in [6, 6.07) is 0. The van der Waals surface area contributed by atoms with Gasteiger partial charge in [0, 0.05) is 6.61 Å². The zero-order valence-electron chi connectivity index (χ0n) is 10.6. The van der Waals surface area contributed by atoms with Gasteiger partial charge in [-0.2, -0.15) is 4.98 Å². The van der Waals surface area contributed by atoms with Crippen LogP contribution in [0.4, 0.5) is 0 Å². The number of rotatable bonds is 9. The maximum Gasteiger partial charge on any atom is 0.313 e. The van der Waals surface area contributed by atoms with Crippen molar-refractivity contribution in [1.82, 2.24) is 10.1 Å². The van der Waals surface area contributed by atoms with Crippen molar-refractivity contribution in [3.8, 4) is 0 Å². The van der Waals surface area contributed by atoms with Crippen LogP contribution in [0, 0.1) is 0 Å². The molecule has 1 N–H and O–H groups in total. The molecule has 0 fully saturated rings. The van der Waals surface area contributed by atoms with E-state index in [-0.39, 0.29) is 11.9 Å². The van der Waals surface area contributed by atoms with Gasteiger partial charge in [0.05, 0.1) is 11.5 Å². The minimum Gasteiger partial charge on any atom is -0.481 e. The van der Waals surface area contributed by atoms with Crippen molar-refractivity contribution in [3.05, 3.63) is 11.7 Å². The predicted octanol–water partition coefficient (Wildman–Crippen LogP) is 2.27. The highest BCUT2D eigenvalue weighted by molar-refractivity contribution is 7.99. The summed E-state index contributed by atoms with van der Waals surface area (Å²) in [5.74, 6) is 0.575. The predicted molar refractivity (Wildman–Crippen MR) is 67.4 cm³/mol. The Bertz CT molecular complexity index is 364. The van der Waals surface area contributed by atoms with Gasteiger partial charge in [-0.3, -0.25) is 4.79 Å². The third-order valence-electron chi connectivity index (χ3n) is 2.14. The topological polar surface area (TPSA) is 85.5 Å². The van der Waals surface area contributed by atoms with Crippen molar-refractivity contribution in [2.75, 3.05) is 12.4 Å². The molecular formula is C11H18N2O4S. The highest BCUT2D eigenvalue weighted by Gasteiger charge is 2.17. The van der Waals surface area contributed by atoms with Gasteiger partial charge in [0.2, 0.25) is 11.7 Å². The van der Waals surface area contributed by atoms with Crippen LogP contribution in [0.15, 0.2) is 4.52 Å². The van der Waals surface area contributed by atoms with Crippen molar-refractivity contribution in [2.24, 2.45) is 0 Å². The first kappa shape index (κ1) is 15.0. The second-order valence-corrected chi connectivity index (χ2v) is 4.65. The minimum atomic E-state index is -0.849. The molecule has 0 saturated heterocycles. The van der Waals surface area contributed by atoms with E-state index in [9.17, 15) is 4.79 Å². The van der Waals surface area contributed by atoms with Crippen LogP contribution < -0.4 is 0 Å². The summed E-state index contributed by atoms with van der Waals surface area (Å²) in [7, 11) is 0. The van der Waals surface area contributed by atoms with E-state index in [1.807, 2.05) is 6.92 Å². The zero-order chi connectivity index (χ0) is 13.4. The smallest absolute Gasteiger partial charge is 0.313 e. The molecule has 0 amide bonds. The molecule has 0 aliphatic carbocycles. The SMILES string of the molecule is CCCC(OCC)c1noc(CSCC(=O)O)n1. The first-order chi connectivity index (χ1) is 8.67. The lowest BCUT2D eigenvalue weighted by Crippen LogP contribution is -2.06. The maximum atomic E-state index is 10.4. The Kier molecular flexibility index (Phi) is 6.74. The Morgan fingerprint density at radius 3 is 2.94 bits per heavy atom. The van der Waals surface area contributed by atoms with E-state index >= 15 is 0 Å². The number of nitrogens with zero attached hydrogens (tertiary/aromatic N) is 2. The Balaban J connectivity index is 2.51. The molecule has 1 unspecified atom stereocenters. The number of carbonyl (C=O) groups is 1. The normalized spacial score (nSPS) is 12.6. The fourth-order valence-corrected chi connectivity index (χ4v) is 2.00. The van der Waals surface area contributed by atoms with Gasteiger partial charge in [0.1, 0.15) is 6.10 Å². The van der Waals surface area contributed by atoms with Gasteiger partial charge >= 0.3 is 5.97 Å². The number of thioether (sulfide) groups is 1. The number of aliphatic carboxylic acids is 1. The van der Waals surface area contributed by atoms with Crippen LogP contribution in [0.5, 0.6) is 0 Å². The van der Waals surface area contributed by atoms with E-state index in [4.69, 9.17) is 14.4 Å². The highest BCUT2D eigenvalue weighted by atomic mass is 32.2. The van der Waals surface area contributed by atoms with Gasteiger partial charge in [-0.1, -0.05) is 18.5 Å². The quantitative estimate of drug-likeness (QED) is 0.739. The highest BCUT2D eigenvalue weighted by Crippen LogP contribution is 2.21. The second kappa shape index (κ2) is 8.10. The van der Waals surface area contributed by atoms with E-state index in [1.165, 1.54) is 11.8 Å². The number of carboxylic acids is 1. The van der Waals surface area contributed by atoms with E-state index in [0.717, 1.165) is 12.8 Å². The fourth-order valence-electron chi connectivity index (χ4n) is 1.43. The van der Waals surface area contributed by atoms with Gasteiger partial charge < -0.3 is 14.4 Å². The number of ether oxygens (including phenoxy) is 1. The van der Waals surface area contributed by atoms with E-state index in [2.05, 4.69) is 17.1 Å². The van der Waals surface area contributed by atoms with E-state index in [1.54, 1.807) is 0 Å². The van der Waals surface area contributed by atoms with Crippen LogP contribution in [0.2, 0.25) is 0 Å². The monoisotopic (exact) mass is 274 g/mol. The molecular weight excluding hydrogens is 256 g/mol. The summed E-state index contributed by atoms with van der Waals surface area (Å²) in [5.41, 5.74) is 0. The van der Waals surface area contributed by atoms with Gasteiger partial charge in [0.15, 0.2) is 0 Å². The average Bonchev–Trinajstić information content (AvgIpc) is 2.77. The first-order valence-corrected chi connectivity index (χ1v) is 7.06. The summed E-state index contributed by atoms with van der Waals surface area (Å²) < 4.78 is 10.6. The molecule has 1 rings (SSSR count). The van der Waals surface area contributed by atoms with Crippen LogP contribution in [-0.4, -0.2) is 33.6 Å². The maximum absolute atomic E-state index is 10.4. The van der Waals surface area contributed by atoms with Crippen molar-refractivity contribution in [1.29, 1.82) is 0 Å². The molecule has 1 aromatic heterocycles. The standard InChI is InChI=1S/C11H18N2O4S/c1-3-5-8(16-4-2)11-12-9(17-13-11)6-18-7-10(14)15/h8H,3-7H2,1-2H3,(H,14,15).